The van der Waals surface area contributed by atoms with Crippen molar-refractivity contribution < 1.29 is 53.8 Å². The minimum Gasteiger partial charge on any atom is -0.550 e. The van der Waals surface area contributed by atoms with Crippen molar-refractivity contribution >= 4 is 46.4 Å². The van der Waals surface area contributed by atoms with E-state index in [1.165, 1.54) is 35.6 Å². The second-order valence-corrected chi connectivity index (χ2v) is 8.38. The molecule has 3 heterocycles. The van der Waals surface area contributed by atoms with Gasteiger partial charge in [0.1, 0.15) is 0 Å². The zero-order chi connectivity index (χ0) is 21.1. The zero-order valence-electron chi connectivity index (χ0n) is 16.6. The minimum atomic E-state index is -1.35. The summed E-state index contributed by atoms with van der Waals surface area (Å²) >= 11 is 2.93. The molecule has 2 aromatic heterocycles. The number of hydrogen-bond acceptors (Lipinski definition) is 7. The van der Waals surface area contributed by atoms with E-state index in [2.05, 4.69) is 10.6 Å². The number of nitrogens with zero attached hydrogens (tertiary/aromatic N) is 1. The van der Waals surface area contributed by atoms with E-state index in [1.54, 1.807) is 17.4 Å². The Balaban J connectivity index is 0.00000320. The summed E-state index contributed by atoms with van der Waals surface area (Å²) in [6.45, 7) is 1.99. The largest absolute Gasteiger partial charge is 1.00 e. The Kier molecular flexibility index (Phi) is 8.39. The van der Waals surface area contributed by atoms with Crippen molar-refractivity contribution in [1.29, 1.82) is 0 Å². The summed E-state index contributed by atoms with van der Waals surface area (Å²) in [6, 6.07) is 0.595. The molecule has 1 aliphatic rings. The van der Waals surface area contributed by atoms with Gasteiger partial charge in [0.25, 0.3) is 5.91 Å². The third-order valence-electron chi connectivity index (χ3n) is 4.38. The number of carbonyl (C=O) groups excluding carboxylic acids is 4. The molecule has 2 aromatic rings. The minimum absolute atomic E-state index is 0. The van der Waals surface area contributed by atoms with Gasteiger partial charge in [0.2, 0.25) is 0 Å². The second-order valence-electron chi connectivity index (χ2n) is 6.52. The topological polar surface area (TPSA) is 119 Å². The van der Waals surface area contributed by atoms with E-state index >= 15 is 0 Å². The standard InChI is InChI=1S/C19H19N3O5S2.Na/c1-10-8-28-9-11(10)14-3-4-15(29-14)12(7-16(24)25)20-19(27)21-17-13(23)5-6-22(2)18(17)26;/h3-6,8-9,12,17H,7H2,1-2H3,(H,24,25)(H2,20,21,27);/q;+1/p-1/t12-,17?;/m0./s1. The number of nitrogens with one attached hydrogen (secondary N) is 2. The first-order chi connectivity index (χ1) is 13.8. The van der Waals surface area contributed by atoms with Crippen LogP contribution in [-0.4, -0.2) is 41.7 Å². The molecule has 152 valence electrons. The van der Waals surface area contributed by atoms with Crippen LogP contribution in [0.25, 0.3) is 10.4 Å². The number of aryl methyl sites for hydroxylation is 1. The number of carboxylic acid groups (broad SMARTS) is 1. The van der Waals surface area contributed by atoms with Gasteiger partial charge in [-0.1, -0.05) is 0 Å². The molecule has 0 spiro atoms. The molecule has 8 nitrogen and oxygen atoms in total. The van der Waals surface area contributed by atoms with E-state index in [-0.39, 0.29) is 29.6 Å². The number of hydrogen-bond donors (Lipinski definition) is 2. The number of urea groups is 1. The smallest absolute Gasteiger partial charge is 0.550 e. The maximum Gasteiger partial charge on any atom is 1.00 e. The average Bonchev–Trinajstić information content (AvgIpc) is 3.30. The van der Waals surface area contributed by atoms with E-state index in [0.717, 1.165) is 16.0 Å². The first-order valence-electron chi connectivity index (χ1n) is 8.64. The molecule has 3 amide bonds. The number of amides is 3. The number of ketones is 1. The van der Waals surface area contributed by atoms with Gasteiger partial charge in [-0.05, 0) is 35.4 Å². The Labute approximate surface area is 203 Å². The fourth-order valence-corrected chi connectivity index (χ4v) is 4.89. The fourth-order valence-electron chi connectivity index (χ4n) is 2.83. The summed E-state index contributed by atoms with van der Waals surface area (Å²) in [5, 5.41) is 20.1. The van der Waals surface area contributed by atoms with Crippen LogP contribution in [0, 0.1) is 6.92 Å². The van der Waals surface area contributed by atoms with Crippen molar-refractivity contribution in [1.82, 2.24) is 15.5 Å². The van der Waals surface area contributed by atoms with Crippen LogP contribution >= 0.6 is 22.7 Å². The Morgan fingerprint density at radius 2 is 2.00 bits per heavy atom. The van der Waals surface area contributed by atoms with Crippen molar-refractivity contribution in [2.75, 3.05) is 7.05 Å². The number of carbonyl (C=O) groups is 4. The van der Waals surface area contributed by atoms with Crippen molar-refractivity contribution in [2.24, 2.45) is 0 Å². The molecule has 1 aliphatic heterocycles. The van der Waals surface area contributed by atoms with Crippen LogP contribution in [0.15, 0.2) is 35.2 Å². The van der Waals surface area contributed by atoms with E-state index in [9.17, 15) is 24.3 Å². The Bertz CT molecular complexity index is 1000. The van der Waals surface area contributed by atoms with Crippen LogP contribution in [0.3, 0.4) is 0 Å². The van der Waals surface area contributed by atoms with Gasteiger partial charge in [-0.2, -0.15) is 11.3 Å². The maximum absolute atomic E-state index is 12.4. The van der Waals surface area contributed by atoms with Gasteiger partial charge in [-0.3, -0.25) is 9.59 Å². The molecule has 0 bridgehead atoms. The molecule has 2 N–H and O–H groups in total. The molecule has 0 saturated heterocycles. The number of aliphatic carboxylic acids is 1. The summed E-state index contributed by atoms with van der Waals surface area (Å²) in [5.41, 5.74) is 2.16. The van der Waals surface area contributed by atoms with Crippen molar-refractivity contribution in [3.63, 3.8) is 0 Å². The van der Waals surface area contributed by atoms with E-state index in [4.69, 9.17) is 0 Å². The van der Waals surface area contributed by atoms with Crippen LogP contribution in [0.2, 0.25) is 0 Å². The molecule has 0 aromatic carbocycles. The third-order valence-corrected chi connectivity index (χ3v) is 6.48. The van der Waals surface area contributed by atoms with Gasteiger partial charge < -0.3 is 25.4 Å². The van der Waals surface area contributed by atoms with Gasteiger partial charge in [0.15, 0.2) is 11.8 Å². The number of likely N-dealkylation sites (N-methyl/N-ethyl adjacent to an activating group) is 1. The summed E-state index contributed by atoms with van der Waals surface area (Å²) in [5.74, 6) is -2.45. The molecule has 3 rings (SSSR count). The van der Waals surface area contributed by atoms with Crippen molar-refractivity contribution in [3.8, 4) is 10.4 Å². The SMILES string of the molecule is Cc1cscc1-c1ccc([C@H](CC(=O)[O-])NC(=O)NC2C(=O)C=CN(C)C2=O)s1.[Na+]. The molecular weight excluding hydrogens is 437 g/mol. The summed E-state index contributed by atoms with van der Waals surface area (Å²) in [6.07, 6.45) is 2.07. The van der Waals surface area contributed by atoms with Crippen LogP contribution in [0.5, 0.6) is 0 Å². The molecule has 0 saturated carbocycles. The molecule has 2 atom stereocenters. The van der Waals surface area contributed by atoms with Gasteiger partial charge in [0.05, 0.1) is 6.04 Å². The number of thiophene rings is 2. The Morgan fingerprint density at radius 3 is 2.63 bits per heavy atom. The molecule has 11 heteroatoms. The van der Waals surface area contributed by atoms with Crippen LogP contribution < -0.4 is 45.3 Å². The maximum atomic E-state index is 12.4. The summed E-state index contributed by atoms with van der Waals surface area (Å²) in [4.78, 5) is 50.3. The van der Waals surface area contributed by atoms with Gasteiger partial charge in [0, 0.05) is 47.0 Å². The number of rotatable bonds is 6. The molecule has 0 radical (unpaired) electrons. The zero-order valence-corrected chi connectivity index (χ0v) is 20.3. The summed E-state index contributed by atoms with van der Waals surface area (Å²) in [7, 11) is 1.47. The van der Waals surface area contributed by atoms with E-state index in [0.29, 0.717) is 4.88 Å². The van der Waals surface area contributed by atoms with E-state index in [1.807, 2.05) is 23.8 Å². The predicted octanol–water partition coefficient (Wildman–Crippen LogP) is -1.81. The summed E-state index contributed by atoms with van der Waals surface area (Å²) < 4.78 is 0. The molecule has 0 fully saturated rings. The van der Waals surface area contributed by atoms with Crippen molar-refractivity contribution in [2.45, 2.75) is 25.4 Å². The Morgan fingerprint density at radius 1 is 1.27 bits per heavy atom. The third kappa shape index (κ3) is 5.58. The van der Waals surface area contributed by atoms with Gasteiger partial charge >= 0.3 is 35.6 Å². The molecule has 1 unspecified atom stereocenters. The molecular formula is C19H18N3NaO5S2. The quantitative estimate of drug-likeness (QED) is 0.393. The second kappa shape index (κ2) is 10.4. The van der Waals surface area contributed by atoms with Crippen LogP contribution in [0.4, 0.5) is 4.79 Å². The van der Waals surface area contributed by atoms with E-state index < -0.39 is 42.2 Å². The average molecular weight is 455 g/mol. The predicted molar refractivity (Wildman–Crippen MR) is 107 cm³/mol. The first kappa shape index (κ1) is 24.3. The van der Waals surface area contributed by atoms with Crippen LogP contribution in [0.1, 0.15) is 22.9 Å². The normalized spacial score (nSPS) is 16.7. The fraction of sp³-hybridized carbons (Fsp3) is 0.263. The monoisotopic (exact) mass is 455 g/mol. The number of carboxylic acids is 1. The van der Waals surface area contributed by atoms with Gasteiger partial charge in [-0.15, -0.1) is 11.3 Å². The molecule has 0 aliphatic carbocycles. The molecule has 30 heavy (non-hydrogen) atoms. The first-order valence-corrected chi connectivity index (χ1v) is 10.4. The van der Waals surface area contributed by atoms with Crippen LogP contribution in [-0.2, 0) is 14.4 Å². The van der Waals surface area contributed by atoms with Crippen molar-refractivity contribution in [3.05, 3.63) is 45.6 Å². The Hall–Kier alpha value is -1.98. The van der Waals surface area contributed by atoms with Gasteiger partial charge in [-0.25, -0.2) is 4.79 Å².